The van der Waals surface area contributed by atoms with Gasteiger partial charge in [0.15, 0.2) is 0 Å². The van der Waals surface area contributed by atoms with Crippen molar-refractivity contribution in [3.63, 3.8) is 0 Å². The molecule has 0 saturated carbocycles. The van der Waals surface area contributed by atoms with E-state index in [1.54, 1.807) is 6.07 Å². The van der Waals surface area contributed by atoms with Crippen molar-refractivity contribution in [2.24, 2.45) is 0 Å². The maximum absolute atomic E-state index is 12.7. The fraction of sp³-hybridized carbons (Fsp3) is 0.421. The Hall–Kier alpha value is -2.84. The molecule has 2 amide bonds. The summed E-state index contributed by atoms with van der Waals surface area (Å²) in [5.74, 6) is -2.63. The summed E-state index contributed by atoms with van der Waals surface area (Å²) in [6.45, 7) is 1.87. The number of halogens is 3. The van der Waals surface area contributed by atoms with Crippen molar-refractivity contribution in [3.05, 3.63) is 45.7 Å². The van der Waals surface area contributed by atoms with Crippen molar-refractivity contribution >= 4 is 22.7 Å². The minimum Gasteiger partial charge on any atom is -0.354 e. The SMILES string of the molecule is Cc1cccc2cc(CCNC(=O)C3CCCN3C(=O)C(F)(F)F)c(=O)[nH]c12. The molecule has 150 valence electrons. The predicted octanol–water partition coefficient (Wildman–Crippen LogP) is 2.05. The van der Waals surface area contributed by atoms with Crippen molar-refractivity contribution < 1.29 is 22.8 Å². The van der Waals surface area contributed by atoms with E-state index in [0.29, 0.717) is 16.9 Å². The Balaban J connectivity index is 1.64. The number of amides is 2. The van der Waals surface area contributed by atoms with Crippen molar-refractivity contribution in [1.82, 2.24) is 15.2 Å². The van der Waals surface area contributed by atoms with Gasteiger partial charge < -0.3 is 15.2 Å². The number of fused-ring (bicyclic) bond motifs is 1. The van der Waals surface area contributed by atoms with E-state index < -0.39 is 24.0 Å². The second-order valence-electron chi connectivity index (χ2n) is 6.86. The largest absolute Gasteiger partial charge is 0.471 e. The number of H-pyrrole nitrogens is 1. The Labute approximate surface area is 158 Å². The Kier molecular flexibility index (Phi) is 5.44. The molecular formula is C19H20F3N3O3. The number of pyridine rings is 1. The number of rotatable bonds is 4. The van der Waals surface area contributed by atoms with E-state index >= 15 is 0 Å². The molecule has 1 aliphatic heterocycles. The van der Waals surface area contributed by atoms with Crippen LogP contribution in [0.2, 0.25) is 0 Å². The number of nitrogens with one attached hydrogen (secondary N) is 2. The van der Waals surface area contributed by atoms with Gasteiger partial charge in [-0.2, -0.15) is 13.2 Å². The molecule has 2 aromatic rings. The van der Waals surface area contributed by atoms with Crippen molar-refractivity contribution in [2.45, 2.75) is 38.4 Å². The molecule has 1 fully saturated rings. The van der Waals surface area contributed by atoms with Crippen LogP contribution in [0.5, 0.6) is 0 Å². The average molecular weight is 395 g/mol. The quantitative estimate of drug-likeness (QED) is 0.831. The van der Waals surface area contributed by atoms with Gasteiger partial charge in [-0.15, -0.1) is 0 Å². The summed E-state index contributed by atoms with van der Waals surface area (Å²) in [7, 11) is 0. The maximum atomic E-state index is 12.7. The van der Waals surface area contributed by atoms with Crippen LogP contribution in [0.1, 0.15) is 24.0 Å². The molecule has 0 aliphatic carbocycles. The van der Waals surface area contributed by atoms with Gasteiger partial charge in [-0.3, -0.25) is 14.4 Å². The Bertz CT molecular complexity index is 968. The van der Waals surface area contributed by atoms with E-state index in [1.165, 1.54) is 0 Å². The lowest BCUT2D eigenvalue weighted by Crippen LogP contribution is -2.50. The topological polar surface area (TPSA) is 82.3 Å². The number of carbonyl (C=O) groups excluding carboxylic acids is 2. The molecule has 3 rings (SSSR count). The van der Waals surface area contributed by atoms with Gasteiger partial charge in [-0.25, -0.2) is 0 Å². The van der Waals surface area contributed by atoms with Gasteiger partial charge in [0.1, 0.15) is 6.04 Å². The van der Waals surface area contributed by atoms with Crippen molar-refractivity contribution in [3.8, 4) is 0 Å². The molecular weight excluding hydrogens is 375 g/mol. The van der Waals surface area contributed by atoms with Crippen LogP contribution < -0.4 is 10.9 Å². The number of likely N-dealkylation sites (tertiary alicyclic amines) is 1. The highest BCUT2D eigenvalue weighted by atomic mass is 19.4. The zero-order valence-electron chi connectivity index (χ0n) is 15.2. The van der Waals surface area contributed by atoms with Gasteiger partial charge in [0.25, 0.3) is 5.56 Å². The molecule has 1 aromatic heterocycles. The Morgan fingerprint density at radius 3 is 2.79 bits per heavy atom. The molecule has 6 nitrogen and oxygen atoms in total. The number of hydrogen-bond donors (Lipinski definition) is 2. The molecule has 1 aliphatic rings. The normalized spacial score (nSPS) is 17.1. The lowest BCUT2D eigenvalue weighted by Gasteiger charge is -2.24. The Morgan fingerprint density at radius 1 is 1.32 bits per heavy atom. The lowest BCUT2D eigenvalue weighted by molar-refractivity contribution is -0.186. The van der Waals surface area contributed by atoms with Crippen molar-refractivity contribution in [1.29, 1.82) is 0 Å². The van der Waals surface area contributed by atoms with Crippen LogP contribution >= 0.6 is 0 Å². The van der Waals surface area contributed by atoms with Gasteiger partial charge in [-0.1, -0.05) is 18.2 Å². The van der Waals surface area contributed by atoms with E-state index in [0.717, 1.165) is 16.5 Å². The highest BCUT2D eigenvalue weighted by molar-refractivity contribution is 5.90. The molecule has 2 N–H and O–H groups in total. The number of benzene rings is 1. The van der Waals surface area contributed by atoms with Crippen LogP contribution in [0.25, 0.3) is 10.9 Å². The lowest BCUT2D eigenvalue weighted by atomic mass is 10.1. The molecule has 2 heterocycles. The summed E-state index contributed by atoms with van der Waals surface area (Å²) in [6.07, 6.45) is -4.25. The van der Waals surface area contributed by atoms with E-state index in [9.17, 15) is 27.6 Å². The van der Waals surface area contributed by atoms with Crippen molar-refractivity contribution in [2.75, 3.05) is 13.1 Å². The molecule has 1 atom stereocenters. The molecule has 1 unspecified atom stereocenters. The molecule has 9 heteroatoms. The first kappa shape index (κ1) is 19.9. The Morgan fingerprint density at radius 2 is 2.07 bits per heavy atom. The van der Waals surface area contributed by atoms with Crippen LogP contribution in [0.3, 0.4) is 0 Å². The molecule has 1 saturated heterocycles. The highest BCUT2D eigenvalue weighted by Crippen LogP contribution is 2.25. The number of alkyl halides is 3. The van der Waals surface area contributed by atoms with Crippen LogP contribution in [0, 0.1) is 6.92 Å². The number of nitrogens with zero attached hydrogens (tertiary/aromatic N) is 1. The van der Waals surface area contributed by atoms with Gasteiger partial charge in [0, 0.05) is 18.7 Å². The minimum atomic E-state index is -5.00. The summed E-state index contributed by atoms with van der Waals surface area (Å²) in [4.78, 5) is 39.3. The van der Waals surface area contributed by atoms with Crippen LogP contribution in [0.4, 0.5) is 13.2 Å². The minimum absolute atomic E-state index is 0.0871. The summed E-state index contributed by atoms with van der Waals surface area (Å²) >= 11 is 0. The van der Waals surface area contributed by atoms with Gasteiger partial charge in [-0.05, 0) is 43.2 Å². The summed E-state index contributed by atoms with van der Waals surface area (Å²) in [5.41, 5.74) is 1.87. The summed E-state index contributed by atoms with van der Waals surface area (Å²) in [6, 6.07) is 6.22. The van der Waals surface area contributed by atoms with Gasteiger partial charge >= 0.3 is 12.1 Å². The number of aryl methyl sites for hydroxylation is 1. The summed E-state index contributed by atoms with van der Waals surface area (Å²) in [5, 5.41) is 3.40. The van der Waals surface area contributed by atoms with Gasteiger partial charge in [0.2, 0.25) is 5.91 Å². The molecule has 28 heavy (non-hydrogen) atoms. The van der Waals surface area contributed by atoms with E-state index in [2.05, 4.69) is 10.3 Å². The highest BCUT2D eigenvalue weighted by Gasteiger charge is 2.47. The first-order chi connectivity index (χ1) is 13.2. The van der Waals surface area contributed by atoms with Gasteiger partial charge in [0.05, 0.1) is 5.52 Å². The molecule has 0 spiro atoms. The monoisotopic (exact) mass is 395 g/mol. The fourth-order valence-electron chi connectivity index (χ4n) is 3.50. The van der Waals surface area contributed by atoms with Crippen LogP contribution in [-0.2, 0) is 16.0 Å². The smallest absolute Gasteiger partial charge is 0.354 e. The number of aromatic nitrogens is 1. The van der Waals surface area contributed by atoms with E-state index in [1.807, 2.05) is 25.1 Å². The average Bonchev–Trinajstić information content (AvgIpc) is 3.11. The van der Waals surface area contributed by atoms with Crippen LogP contribution in [0.15, 0.2) is 29.1 Å². The van der Waals surface area contributed by atoms with Crippen LogP contribution in [-0.4, -0.2) is 47.0 Å². The third-order valence-electron chi connectivity index (χ3n) is 4.92. The van der Waals surface area contributed by atoms with E-state index in [-0.39, 0.29) is 31.5 Å². The third-order valence-corrected chi connectivity index (χ3v) is 4.92. The number of hydrogen-bond acceptors (Lipinski definition) is 3. The molecule has 0 radical (unpaired) electrons. The van der Waals surface area contributed by atoms with E-state index in [4.69, 9.17) is 0 Å². The molecule has 0 bridgehead atoms. The first-order valence-corrected chi connectivity index (χ1v) is 8.95. The molecule has 1 aromatic carbocycles. The predicted molar refractivity (Wildman–Crippen MR) is 96.8 cm³/mol. The number of para-hydroxylation sites is 1. The number of carbonyl (C=O) groups is 2. The second-order valence-corrected chi connectivity index (χ2v) is 6.86. The standard InChI is InChI=1S/C19H20F3N3O3/c1-11-4-2-5-12-10-13(16(26)24-15(11)12)7-8-23-17(27)14-6-3-9-25(14)18(28)19(20,21)22/h2,4-5,10,14H,3,6-9H2,1H3,(H,23,27)(H,24,26). The first-order valence-electron chi connectivity index (χ1n) is 8.95. The zero-order chi connectivity index (χ0) is 20.5. The number of aromatic amines is 1. The third kappa shape index (κ3) is 4.02. The zero-order valence-corrected chi connectivity index (χ0v) is 15.2. The second kappa shape index (κ2) is 7.65. The maximum Gasteiger partial charge on any atom is 0.471 e. The fourth-order valence-corrected chi connectivity index (χ4v) is 3.50. The summed E-state index contributed by atoms with van der Waals surface area (Å²) < 4.78 is 38.0.